The van der Waals surface area contributed by atoms with Crippen LogP contribution in [0.5, 0.6) is 0 Å². The molecular formula is C11H14O5S. The fourth-order valence-electron chi connectivity index (χ4n) is 1.40. The lowest BCUT2D eigenvalue weighted by Crippen LogP contribution is -2.04. The lowest BCUT2D eigenvalue weighted by atomic mass is 10.1. The van der Waals surface area contributed by atoms with Crippen LogP contribution in [-0.2, 0) is 21.3 Å². The molecule has 1 aromatic carbocycles. The van der Waals surface area contributed by atoms with E-state index in [1.54, 1.807) is 0 Å². The average molecular weight is 258 g/mol. The van der Waals surface area contributed by atoms with Gasteiger partial charge in [0.1, 0.15) is 6.29 Å². The maximum absolute atomic E-state index is 11.0. The molecule has 1 N–H and O–H groups in total. The fourth-order valence-corrected chi connectivity index (χ4v) is 1.93. The molecule has 0 bridgehead atoms. The molecule has 0 saturated carbocycles. The number of hydrogen-bond acceptors (Lipinski definition) is 4. The van der Waals surface area contributed by atoms with E-state index in [0.717, 1.165) is 0 Å². The highest BCUT2D eigenvalue weighted by molar-refractivity contribution is 7.85. The summed E-state index contributed by atoms with van der Waals surface area (Å²) >= 11 is 0. The van der Waals surface area contributed by atoms with Gasteiger partial charge in [-0.2, -0.15) is 8.42 Å². The van der Waals surface area contributed by atoms with E-state index in [1.165, 1.54) is 18.2 Å². The molecule has 0 aliphatic rings. The minimum atomic E-state index is -4.24. The summed E-state index contributed by atoms with van der Waals surface area (Å²) in [5.74, 6) is 0. The Kier molecular flexibility index (Phi) is 4.80. The van der Waals surface area contributed by atoms with Crippen LogP contribution in [0, 0.1) is 0 Å². The van der Waals surface area contributed by atoms with Gasteiger partial charge in [0, 0.05) is 12.2 Å². The first-order valence-corrected chi connectivity index (χ1v) is 6.56. The third-order valence-corrected chi connectivity index (χ3v) is 3.11. The largest absolute Gasteiger partial charge is 0.381 e. The van der Waals surface area contributed by atoms with E-state index in [4.69, 9.17) is 9.29 Å². The van der Waals surface area contributed by atoms with Crippen LogP contribution in [0.15, 0.2) is 23.1 Å². The Morgan fingerprint density at radius 2 is 2.12 bits per heavy atom. The predicted molar refractivity (Wildman–Crippen MR) is 61.8 cm³/mol. The van der Waals surface area contributed by atoms with Gasteiger partial charge in [0.25, 0.3) is 10.1 Å². The molecule has 0 aliphatic heterocycles. The highest BCUT2D eigenvalue weighted by Crippen LogP contribution is 2.15. The van der Waals surface area contributed by atoms with Crippen LogP contribution in [0.25, 0.3) is 0 Å². The molecule has 0 aromatic heterocycles. The Hall–Kier alpha value is -1.24. The van der Waals surface area contributed by atoms with Crippen LogP contribution in [0.4, 0.5) is 0 Å². The Morgan fingerprint density at radius 3 is 2.65 bits per heavy atom. The molecule has 0 unspecified atom stereocenters. The molecule has 0 radical (unpaired) electrons. The van der Waals surface area contributed by atoms with Crippen molar-refractivity contribution in [2.75, 3.05) is 13.2 Å². The van der Waals surface area contributed by atoms with Crippen molar-refractivity contribution in [3.8, 4) is 0 Å². The molecule has 0 atom stereocenters. The van der Waals surface area contributed by atoms with E-state index in [-0.39, 0.29) is 4.90 Å². The van der Waals surface area contributed by atoms with E-state index >= 15 is 0 Å². The minimum absolute atomic E-state index is 0.213. The smallest absolute Gasteiger partial charge is 0.294 e. The van der Waals surface area contributed by atoms with Gasteiger partial charge in [-0.25, -0.2) is 0 Å². The molecule has 0 spiro atoms. The van der Waals surface area contributed by atoms with Gasteiger partial charge >= 0.3 is 0 Å². The SMILES string of the molecule is CCOCCc1cc(S(=O)(=O)O)ccc1C=O. The van der Waals surface area contributed by atoms with Gasteiger partial charge in [-0.15, -0.1) is 0 Å². The van der Waals surface area contributed by atoms with Gasteiger partial charge in [-0.3, -0.25) is 9.35 Å². The zero-order valence-corrected chi connectivity index (χ0v) is 10.2. The first-order chi connectivity index (χ1) is 7.99. The summed E-state index contributed by atoms with van der Waals surface area (Å²) in [5.41, 5.74) is 0.945. The second-order valence-corrected chi connectivity index (χ2v) is 4.82. The highest BCUT2D eigenvalue weighted by Gasteiger charge is 2.12. The summed E-state index contributed by atoms with van der Waals surface area (Å²) < 4.78 is 35.9. The van der Waals surface area contributed by atoms with E-state index in [9.17, 15) is 13.2 Å². The number of ether oxygens (including phenoxy) is 1. The van der Waals surface area contributed by atoms with E-state index in [0.29, 0.717) is 37.0 Å². The predicted octanol–water partition coefficient (Wildman–Crippen LogP) is 1.32. The number of aldehydes is 1. The molecule has 94 valence electrons. The quantitative estimate of drug-likeness (QED) is 0.473. The van der Waals surface area contributed by atoms with E-state index < -0.39 is 10.1 Å². The molecule has 0 aliphatic carbocycles. The second-order valence-electron chi connectivity index (χ2n) is 3.40. The molecule has 0 amide bonds. The van der Waals surface area contributed by atoms with Crippen molar-refractivity contribution in [1.82, 2.24) is 0 Å². The zero-order chi connectivity index (χ0) is 12.9. The van der Waals surface area contributed by atoms with Gasteiger partial charge in [0.05, 0.1) is 11.5 Å². The topological polar surface area (TPSA) is 80.7 Å². The van der Waals surface area contributed by atoms with Crippen molar-refractivity contribution in [2.24, 2.45) is 0 Å². The van der Waals surface area contributed by atoms with Crippen LogP contribution in [0.1, 0.15) is 22.8 Å². The van der Waals surface area contributed by atoms with Gasteiger partial charge in [0.15, 0.2) is 0 Å². The van der Waals surface area contributed by atoms with Crippen LogP contribution in [-0.4, -0.2) is 32.5 Å². The summed E-state index contributed by atoms with van der Waals surface area (Å²) in [6, 6.07) is 3.86. The Labute approximate surface area is 100 Å². The number of rotatable bonds is 6. The third kappa shape index (κ3) is 3.92. The van der Waals surface area contributed by atoms with Gasteiger partial charge in [0.2, 0.25) is 0 Å². The fraction of sp³-hybridized carbons (Fsp3) is 0.364. The Morgan fingerprint density at radius 1 is 1.41 bits per heavy atom. The van der Waals surface area contributed by atoms with Crippen LogP contribution < -0.4 is 0 Å². The van der Waals surface area contributed by atoms with Crippen molar-refractivity contribution in [3.63, 3.8) is 0 Å². The van der Waals surface area contributed by atoms with Crippen molar-refractivity contribution in [3.05, 3.63) is 29.3 Å². The van der Waals surface area contributed by atoms with Crippen LogP contribution >= 0.6 is 0 Å². The maximum atomic E-state index is 11.0. The molecule has 0 fully saturated rings. The third-order valence-electron chi connectivity index (χ3n) is 2.26. The number of carbonyl (C=O) groups excluding carboxylic acids is 1. The zero-order valence-electron chi connectivity index (χ0n) is 9.42. The Bertz CT molecular complexity index is 493. The number of carbonyl (C=O) groups is 1. The van der Waals surface area contributed by atoms with Crippen molar-refractivity contribution >= 4 is 16.4 Å². The molecule has 5 nitrogen and oxygen atoms in total. The first kappa shape index (κ1) is 13.8. The summed E-state index contributed by atoms with van der Waals surface area (Å²) in [6.45, 7) is 2.79. The normalized spacial score (nSPS) is 11.4. The molecule has 0 heterocycles. The van der Waals surface area contributed by atoms with Crippen molar-refractivity contribution < 1.29 is 22.5 Å². The summed E-state index contributed by atoms with van der Waals surface area (Å²) in [5, 5.41) is 0. The van der Waals surface area contributed by atoms with Crippen molar-refractivity contribution in [2.45, 2.75) is 18.2 Å². The van der Waals surface area contributed by atoms with Gasteiger partial charge < -0.3 is 4.74 Å². The van der Waals surface area contributed by atoms with Crippen molar-refractivity contribution in [1.29, 1.82) is 0 Å². The molecule has 6 heteroatoms. The maximum Gasteiger partial charge on any atom is 0.294 e. The van der Waals surface area contributed by atoms with E-state index in [2.05, 4.69) is 0 Å². The lowest BCUT2D eigenvalue weighted by molar-refractivity contribution is 0.112. The second kappa shape index (κ2) is 5.90. The average Bonchev–Trinajstić information content (AvgIpc) is 2.28. The summed E-state index contributed by atoms with van der Waals surface area (Å²) in [6.07, 6.45) is 1.07. The monoisotopic (exact) mass is 258 g/mol. The van der Waals surface area contributed by atoms with Gasteiger partial charge in [-0.1, -0.05) is 6.07 Å². The Balaban J connectivity index is 3.03. The molecule has 1 rings (SSSR count). The van der Waals surface area contributed by atoms with Crippen LogP contribution in [0.3, 0.4) is 0 Å². The number of hydrogen-bond donors (Lipinski definition) is 1. The summed E-state index contributed by atoms with van der Waals surface area (Å²) in [7, 11) is -4.24. The highest BCUT2D eigenvalue weighted by atomic mass is 32.2. The molecule has 17 heavy (non-hydrogen) atoms. The molecule has 0 saturated heterocycles. The summed E-state index contributed by atoms with van der Waals surface area (Å²) in [4.78, 5) is 10.6. The van der Waals surface area contributed by atoms with Crippen LogP contribution in [0.2, 0.25) is 0 Å². The minimum Gasteiger partial charge on any atom is -0.381 e. The lowest BCUT2D eigenvalue weighted by Gasteiger charge is -2.06. The first-order valence-electron chi connectivity index (χ1n) is 5.12. The number of benzene rings is 1. The standard InChI is InChI=1S/C11H14O5S/c1-2-16-6-5-9-7-11(17(13,14)15)4-3-10(9)8-12/h3-4,7-8H,2,5-6H2,1H3,(H,13,14,15). The molecular weight excluding hydrogens is 244 g/mol. The van der Waals surface area contributed by atoms with E-state index in [1.807, 2.05) is 6.92 Å². The van der Waals surface area contributed by atoms with Gasteiger partial charge in [-0.05, 0) is 31.0 Å². The molecule has 1 aromatic rings.